The lowest BCUT2D eigenvalue weighted by Crippen LogP contribution is -1.98. The third kappa shape index (κ3) is 4.04. The van der Waals surface area contributed by atoms with Gasteiger partial charge in [-0.15, -0.1) is 11.6 Å². The largest absolute Gasteiger partial charge is 0.492 e. The van der Waals surface area contributed by atoms with E-state index in [2.05, 4.69) is 15.9 Å². The van der Waals surface area contributed by atoms with Crippen LogP contribution in [0.15, 0.2) is 34.8 Å². The number of alkyl halides is 1. The van der Waals surface area contributed by atoms with Crippen molar-refractivity contribution in [3.63, 3.8) is 0 Å². The maximum absolute atomic E-state index is 13.5. The Hall–Kier alpha value is -0.480. The van der Waals surface area contributed by atoms with Gasteiger partial charge in [-0.2, -0.15) is 0 Å². The molecule has 0 radical (unpaired) electrons. The summed E-state index contributed by atoms with van der Waals surface area (Å²) in [5.74, 6) is 0.121. The Morgan fingerprint density at radius 2 is 1.86 bits per heavy atom. The van der Waals surface area contributed by atoms with Crippen molar-refractivity contribution in [1.82, 2.24) is 0 Å². The molecule has 1 unspecified atom stereocenters. The van der Waals surface area contributed by atoms with Crippen LogP contribution in [0.5, 0.6) is 5.75 Å². The zero-order valence-corrected chi connectivity index (χ0v) is 14.8. The molecule has 0 aliphatic carbocycles. The molecular weight excluding hydrogens is 401 g/mol. The molecule has 0 saturated heterocycles. The molecule has 0 aliphatic rings. The number of benzene rings is 2. The molecule has 2 aromatic rings. The Kier molecular flexibility index (Phi) is 5.78. The first-order chi connectivity index (χ1) is 9.92. The maximum atomic E-state index is 13.5. The van der Waals surface area contributed by atoms with Crippen molar-refractivity contribution >= 4 is 50.7 Å². The van der Waals surface area contributed by atoms with E-state index < -0.39 is 5.38 Å². The lowest BCUT2D eigenvalue weighted by Gasteiger charge is -2.15. The van der Waals surface area contributed by atoms with Gasteiger partial charge in [0.1, 0.15) is 11.6 Å². The molecule has 0 fully saturated rings. The Morgan fingerprint density at radius 3 is 2.48 bits per heavy atom. The van der Waals surface area contributed by atoms with Crippen LogP contribution in [0, 0.1) is 5.82 Å². The molecule has 1 nitrogen and oxygen atoms in total. The molecule has 6 heteroatoms. The van der Waals surface area contributed by atoms with Gasteiger partial charge in [-0.25, -0.2) is 4.39 Å². The Bertz CT molecular complexity index is 643. The number of rotatable bonds is 4. The SMILES string of the molecule is CCOc1cc(Cl)c(C(Cl)c2cc(F)cc(Br)c2)cc1Cl. The number of halogens is 5. The van der Waals surface area contributed by atoms with E-state index in [4.69, 9.17) is 39.5 Å². The maximum Gasteiger partial charge on any atom is 0.139 e. The van der Waals surface area contributed by atoms with Crippen molar-refractivity contribution in [2.24, 2.45) is 0 Å². The van der Waals surface area contributed by atoms with Crippen molar-refractivity contribution in [1.29, 1.82) is 0 Å². The standard InChI is InChI=1S/C15H11BrCl3FO/c1-2-21-14-7-12(17)11(6-13(14)18)15(19)8-3-9(16)5-10(20)4-8/h3-7,15H,2H2,1H3. The van der Waals surface area contributed by atoms with Gasteiger partial charge in [-0.1, -0.05) is 39.1 Å². The quantitative estimate of drug-likeness (QED) is 0.513. The minimum absolute atomic E-state index is 0.377. The van der Waals surface area contributed by atoms with Crippen LogP contribution in [-0.2, 0) is 0 Å². The number of ether oxygens (including phenoxy) is 1. The Morgan fingerprint density at radius 1 is 1.14 bits per heavy atom. The zero-order chi connectivity index (χ0) is 15.6. The summed E-state index contributed by atoms with van der Waals surface area (Å²) in [5, 5.41) is 0.221. The normalized spacial score (nSPS) is 12.3. The lowest BCUT2D eigenvalue weighted by atomic mass is 10.0. The van der Waals surface area contributed by atoms with E-state index in [1.54, 1.807) is 18.2 Å². The summed E-state index contributed by atoms with van der Waals surface area (Å²) < 4.78 is 19.5. The van der Waals surface area contributed by atoms with E-state index in [0.717, 1.165) is 0 Å². The highest BCUT2D eigenvalue weighted by atomic mass is 79.9. The van der Waals surface area contributed by atoms with Gasteiger partial charge in [0, 0.05) is 15.6 Å². The Balaban J connectivity index is 2.43. The second-order valence-electron chi connectivity index (χ2n) is 4.30. The summed E-state index contributed by atoms with van der Waals surface area (Å²) >= 11 is 22.0. The van der Waals surface area contributed by atoms with E-state index >= 15 is 0 Å². The molecule has 0 aliphatic heterocycles. The molecule has 21 heavy (non-hydrogen) atoms. The molecule has 0 amide bonds. The molecule has 1 atom stereocenters. The van der Waals surface area contributed by atoms with Crippen LogP contribution in [0.3, 0.4) is 0 Å². The number of hydrogen-bond acceptors (Lipinski definition) is 1. The minimum atomic E-state index is -0.613. The Labute approximate surface area is 146 Å². The van der Waals surface area contributed by atoms with Crippen molar-refractivity contribution in [3.8, 4) is 5.75 Å². The van der Waals surface area contributed by atoms with Crippen molar-refractivity contribution < 1.29 is 9.13 Å². The van der Waals surface area contributed by atoms with E-state index in [-0.39, 0.29) is 5.82 Å². The van der Waals surface area contributed by atoms with Crippen molar-refractivity contribution in [2.45, 2.75) is 12.3 Å². The van der Waals surface area contributed by atoms with Gasteiger partial charge in [0.15, 0.2) is 0 Å². The smallest absolute Gasteiger partial charge is 0.139 e. The number of hydrogen-bond donors (Lipinski definition) is 0. The first-order valence-corrected chi connectivity index (χ1v) is 8.12. The molecule has 2 rings (SSSR count). The van der Waals surface area contributed by atoms with E-state index in [1.807, 2.05) is 6.92 Å². The fourth-order valence-electron chi connectivity index (χ4n) is 1.91. The van der Waals surface area contributed by atoms with Gasteiger partial charge in [-0.3, -0.25) is 0 Å². The van der Waals surface area contributed by atoms with Crippen LogP contribution < -0.4 is 4.74 Å². The van der Waals surface area contributed by atoms with E-state index in [1.165, 1.54) is 12.1 Å². The van der Waals surface area contributed by atoms with Gasteiger partial charge in [0.25, 0.3) is 0 Å². The molecular formula is C15H11BrCl3FO. The average Bonchev–Trinajstić information content (AvgIpc) is 2.41. The fourth-order valence-corrected chi connectivity index (χ4v) is 3.24. The third-order valence-corrected chi connectivity index (χ3v) is 4.37. The predicted molar refractivity (Wildman–Crippen MR) is 89.4 cm³/mol. The van der Waals surface area contributed by atoms with Gasteiger partial charge in [0.05, 0.1) is 17.0 Å². The lowest BCUT2D eigenvalue weighted by molar-refractivity contribution is 0.340. The van der Waals surface area contributed by atoms with Gasteiger partial charge < -0.3 is 4.74 Å². The summed E-state index contributed by atoms with van der Waals surface area (Å²) in [7, 11) is 0. The first-order valence-electron chi connectivity index (χ1n) is 6.14. The monoisotopic (exact) mass is 410 g/mol. The highest BCUT2D eigenvalue weighted by Crippen LogP contribution is 2.39. The van der Waals surface area contributed by atoms with Crippen LogP contribution in [0.1, 0.15) is 23.4 Å². The molecule has 0 bridgehead atoms. The highest BCUT2D eigenvalue weighted by Gasteiger charge is 2.18. The van der Waals surface area contributed by atoms with E-state index in [9.17, 15) is 4.39 Å². The summed E-state index contributed by atoms with van der Waals surface area (Å²) in [6, 6.07) is 7.72. The second-order valence-corrected chi connectivity index (χ2v) is 6.47. The molecule has 112 valence electrons. The van der Waals surface area contributed by atoms with Crippen LogP contribution in [0.25, 0.3) is 0 Å². The zero-order valence-electron chi connectivity index (χ0n) is 11.0. The average molecular weight is 413 g/mol. The second kappa shape index (κ2) is 7.19. The molecule has 0 heterocycles. The summed E-state index contributed by atoms with van der Waals surface area (Å²) in [4.78, 5) is 0. The molecule has 0 spiro atoms. The van der Waals surface area contributed by atoms with Gasteiger partial charge in [0.2, 0.25) is 0 Å². The van der Waals surface area contributed by atoms with Gasteiger partial charge >= 0.3 is 0 Å². The van der Waals surface area contributed by atoms with Crippen LogP contribution in [0.4, 0.5) is 4.39 Å². The van der Waals surface area contributed by atoms with E-state index in [0.29, 0.717) is 38.0 Å². The summed E-state index contributed by atoms with van der Waals surface area (Å²) in [5.41, 5.74) is 1.19. The molecule has 0 N–H and O–H groups in total. The van der Waals surface area contributed by atoms with Crippen LogP contribution >= 0.6 is 50.7 Å². The molecule has 0 saturated carbocycles. The topological polar surface area (TPSA) is 9.23 Å². The molecule has 0 aromatic heterocycles. The third-order valence-electron chi connectivity index (χ3n) is 2.80. The summed E-state index contributed by atoms with van der Waals surface area (Å²) in [6.07, 6.45) is 0. The minimum Gasteiger partial charge on any atom is -0.492 e. The van der Waals surface area contributed by atoms with Gasteiger partial charge in [-0.05, 0) is 42.3 Å². The highest BCUT2D eigenvalue weighted by molar-refractivity contribution is 9.10. The van der Waals surface area contributed by atoms with Crippen LogP contribution in [-0.4, -0.2) is 6.61 Å². The molecule has 2 aromatic carbocycles. The first kappa shape index (κ1) is 16.9. The fraction of sp³-hybridized carbons (Fsp3) is 0.200. The van der Waals surface area contributed by atoms with Crippen molar-refractivity contribution in [3.05, 3.63) is 61.8 Å². The van der Waals surface area contributed by atoms with Crippen molar-refractivity contribution in [2.75, 3.05) is 6.61 Å². The van der Waals surface area contributed by atoms with Crippen LogP contribution in [0.2, 0.25) is 10.0 Å². The predicted octanol–water partition coefficient (Wildman–Crippen LogP) is 6.62. The summed E-state index contributed by atoms with van der Waals surface area (Å²) in [6.45, 7) is 2.34.